The summed E-state index contributed by atoms with van der Waals surface area (Å²) in [5, 5.41) is 11.5. The van der Waals surface area contributed by atoms with Crippen LogP contribution in [0.1, 0.15) is 129 Å². The van der Waals surface area contributed by atoms with Crippen LogP contribution in [0.2, 0.25) is 0 Å². The molecule has 0 saturated carbocycles. The number of rotatable bonds is 23. The number of carboxylic acid groups (broad SMARTS) is 1. The van der Waals surface area contributed by atoms with E-state index in [4.69, 9.17) is 9.84 Å². The van der Waals surface area contributed by atoms with E-state index in [9.17, 15) is 9.59 Å². The maximum absolute atomic E-state index is 11.7. The molecule has 0 radical (unpaired) electrons. The zero-order valence-corrected chi connectivity index (χ0v) is 19.9. The third kappa shape index (κ3) is 23.2. The molecule has 0 spiro atoms. The van der Waals surface area contributed by atoms with Crippen LogP contribution in [0.4, 0.5) is 0 Å². The Kier molecular flexibility index (Phi) is 21.8. The molecule has 0 bridgehead atoms. The molecule has 0 aliphatic carbocycles. The lowest BCUT2D eigenvalue weighted by atomic mass is 10.0. The highest BCUT2D eigenvalue weighted by molar-refractivity contribution is 5.69. The van der Waals surface area contributed by atoms with Crippen LogP contribution in [0.5, 0.6) is 0 Å². The minimum Gasteiger partial charge on any atom is -0.481 e. The van der Waals surface area contributed by atoms with Crippen molar-refractivity contribution in [1.82, 2.24) is 5.32 Å². The minimum absolute atomic E-state index is 0.0292. The molecule has 2 N–H and O–H groups in total. The van der Waals surface area contributed by atoms with E-state index < -0.39 is 5.97 Å². The zero-order chi connectivity index (χ0) is 22.3. The Labute approximate surface area is 185 Å². The van der Waals surface area contributed by atoms with Crippen LogP contribution >= 0.6 is 0 Å². The first-order valence-electron chi connectivity index (χ1n) is 12.7. The van der Waals surface area contributed by atoms with Crippen molar-refractivity contribution in [2.75, 3.05) is 13.1 Å². The largest absolute Gasteiger partial charge is 0.481 e. The quantitative estimate of drug-likeness (QED) is 0.141. The Hall–Kier alpha value is -1.10. The summed E-state index contributed by atoms with van der Waals surface area (Å²) in [6, 6.07) is 0. The molecule has 5 heteroatoms. The average Bonchev–Trinajstić information content (AvgIpc) is 2.70. The molecule has 30 heavy (non-hydrogen) atoms. The van der Waals surface area contributed by atoms with Gasteiger partial charge in [-0.05, 0) is 19.8 Å². The van der Waals surface area contributed by atoms with Gasteiger partial charge in [-0.15, -0.1) is 0 Å². The summed E-state index contributed by atoms with van der Waals surface area (Å²) in [5.74, 6) is -1.03. The van der Waals surface area contributed by atoms with Crippen molar-refractivity contribution < 1.29 is 19.4 Å². The van der Waals surface area contributed by atoms with Crippen LogP contribution in [0.15, 0.2) is 0 Å². The molecular weight excluding hydrogens is 378 g/mol. The van der Waals surface area contributed by atoms with Crippen LogP contribution < -0.4 is 5.32 Å². The number of ether oxygens (including phenoxy) is 1. The molecule has 1 unspecified atom stereocenters. The summed E-state index contributed by atoms with van der Waals surface area (Å²) < 4.78 is 5.40. The van der Waals surface area contributed by atoms with Gasteiger partial charge in [0.25, 0.3) is 0 Å². The number of nitrogens with one attached hydrogen (secondary N) is 1. The van der Waals surface area contributed by atoms with Crippen LogP contribution in [0, 0.1) is 0 Å². The lowest BCUT2D eigenvalue weighted by Gasteiger charge is -2.13. The van der Waals surface area contributed by atoms with Crippen LogP contribution in [-0.4, -0.2) is 36.2 Å². The van der Waals surface area contributed by atoms with Crippen LogP contribution in [0.25, 0.3) is 0 Å². The molecule has 1 atom stereocenters. The molecule has 5 nitrogen and oxygen atoms in total. The summed E-state index contributed by atoms with van der Waals surface area (Å²) in [7, 11) is 0. The highest BCUT2D eigenvalue weighted by Crippen LogP contribution is 2.14. The Morgan fingerprint density at radius 3 is 1.63 bits per heavy atom. The maximum atomic E-state index is 11.7. The van der Waals surface area contributed by atoms with Crippen molar-refractivity contribution >= 4 is 11.9 Å². The smallest absolute Gasteiger partial charge is 0.307 e. The summed E-state index contributed by atoms with van der Waals surface area (Å²) in [6.45, 7) is 5.09. The second-order valence-corrected chi connectivity index (χ2v) is 8.68. The fraction of sp³-hybridized carbons (Fsp3) is 0.920. The number of carbonyl (C=O) groups excluding carboxylic acids is 1. The Morgan fingerprint density at radius 1 is 0.733 bits per heavy atom. The van der Waals surface area contributed by atoms with E-state index >= 15 is 0 Å². The van der Waals surface area contributed by atoms with Gasteiger partial charge in [-0.1, -0.05) is 96.8 Å². The molecule has 0 aromatic carbocycles. The van der Waals surface area contributed by atoms with E-state index in [0.29, 0.717) is 19.5 Å². The summed E-state index contributed by atoms with van der Waals surface area (Å²) in [6.07, 6.45) is 21.6. The number of hydrogen-bond donors (Lipinski definition) is 2. The molecule has 178 valence electrons. The van der Waals surface area contributed by atoms with Gasteiger partial charge >= 0.3 is 11.9 Å². The molecule has 0 aliphatic rings. The van der Waals surface area contributed by atoms with E-state index in [0.717, 1.165) is 12.8 Å². The van der Waals surface area contributed by atoms with Crippen molar-refractivity contribution in [3.8, 4) is 0 Å². The highest BCUT2D eigenvalue weighted by atomic mass is 16.5. The fourth-order valence-electron chi connectivity index (χ4n) is 3.66. The van der Waals surface area contributed by atoms with Crippen LogP contribution in [-0.2, 0) is 14.3 Å². The van der Waals surface area contributed by atoms with Crippen molar-refractivity contribution in [2.24, 2.45) is 0 Å². The fourth-order valence-corrected chi connectivity index (χ4v) is 3.66. The number of unbranched alkanes of at least 4 members (excludes halogenated alkanes) is 14. The van der Waals surface area contributed by atoms with Crippen molar-refractivity contribution in [2.45, 2.75) is 136 Å². The van der Waals surface area contributed by atoms with E-state index in [2.05, 4.69) is 12.2 Å². The topological polar surface area (TPSA) is 75.6 Å². The predicted molar refractivity (Wildman–Crippen MR) is 125 cm³/mol. The SMILES string of the molecule is CCCCCCCCCCCCCCCCCC(C)OC(=O)CCNCCC(=O)O. The predicted octanol–water partition coefficient (Wildman–Crippen LogP) is 6.63. The molecule has 0 aliphatic heterocycles. The molecule has 0 aromatic rings. The van der Waals surface area contributed by atoms with Gasteiger partial charge in [0, 0.05) is 13.1 Å². The molecule has 0 rings (SSSR count). The standard InChI is InChI=1S/C25H49NO4/c1-3-4-5-6-7-8-9-10-11-12-13-14-15-16-17-18-23(2)30-25(29)20-22-26-21-19-24(27)28/h23,26H,3-22H2,1-2H3,(H,27,28). The molecule has 0 heterocycles. The highest BCUT2D eigenvalue weighted by Gasteiger charge is 2.09. The Morgan fingerprint density at radius 2 is 1.17 bits per heavy atom. The van der Waals surface area contributed by atoms with Crippen molar-refractivity contribution in [3.63, 3.8) is 0 Å². The first-order chi connectivity index (χ1) is 14.6. The first kappa shape index (κ1) is 28.9. The third-order valence-corrected chi connectivity index (χ3v) is 5.57. The molecule has 0 fully saturated rings. The average molecular weight is 428 g/mol. The molecule has 0 saturated heterocycles. The van der Waals surface area contributed by atoms with Crippen molar-refractivity contribution in [1.29, 1.82) is 0 Å². The van der Waals surface area contributed by atoms with Gasteiger partial charge in [-0.2, -0.15) is 0 Å². The zero-order valence-electron chi connectivity index (χ0n) is 19.9. The molecule has 0 aromatic heterocycles. The second-order valence-electron chi connectivity index (χ2n) is 8.68. The van der Waals surface area contributed by atoms with E-state index in [-0.39, 0.29) is 18.5 Å². The molecular formula is C25H49NO4. The van der Waals surface area contributed by atoms with E-state index in [1.54, 1.807) is 0 Å². The van der Waals surface area contributed by atoms with E-state index in [1.807, 2.05) is 6.92 Å². The monoisotopic (exact) mass is 427 g/mol. The van der Waals surface area contributed by atoms with Gasteiger partial charge in [0.2, 0.25) is 0 Å². The number of aliphatic carboxylic acids is 1. The number of carboxylic acids is 1. The normalized spacial score (nSPS) is 12.1. The van der Waals surface area contributed by atoms with Gasteiger partial charge in [0.05, 0.1) is 18.9 Å². The van der Waals surface area contributed by atoms with Gasteiger partial charge in [0.1, 0.15) is 0 Å². The van der Waals surface area contributed by atoms with Gasteiger partial charge in [-0.25, -0.2) is 0 Å². The summed E-state index contributed by atoms with van der Waals surface area (Å²) >= 11 is 0. The summed E-state index contributed by atoms with van der Waals surface area (Å²) in [5.41, 5.74) is 0. The molecule has 0 amide bonds. The Balaban J connectivity index is 3.28. The lowest BCUT2D eigenvalue weighted by molar-refractivity contribution is -0.148. The van der Waals surface area contributed by atoms with Crippen molar-refractivity contribution in [3.05, 3.63) is 0 Å². The number of hydrogen-bond acceptors (Lipinski definition) is 4. The lowest BCUT2D eigenvalue weighted by Crippen LogP contribution is -2.23. The van der Waals surface area contributed by atoms with Gasteiger partial charge in [0.15, 0.2) is 0 Å². The minimum atomic E-state index is -0.831. The second kappa shape index (κ2) is 22.6. The van der Waals surface area contributed by atoms with E-state index in [1.165, 1.54) is 89.9 Å². The van der Waals surface area contributed by atoms with Gasteiger partial charge < -0.3 is 15.2 Å². The number of carbonyl (C=O) groups is 2. The number of esters is 1. The van der Waals surface area contributed by atoms with Crippen LogP contribution in [0.3, 0.4) is 0 Å². The maximum Gasteiger partial charge on any atom is 0.307 e. The summed E-state index contributed by atoms with van der Waals surface area (Å²) in [4.78, 5) is 22.1. The third-order valence-electron chi connectivity index (χ3n) is 5.57. The first-order valence-corrected chi connectivity index (χ1v) is 12.7. The Bertz CT molecular complexity index is 401. The van der Waals surface area contributed by atoms with Gasteiger partial charge in [-0.3, -0.25) is 9.59 Å².